The second-order valence-electron chi connectivity index (χ2n) is 5.81. The Balaban J connectivity index is 2.62. The Morgan fingerprint density at radius 3 is 2.76 bits per heavy atom. The normalized spacial score (nSPS) is 14.5. The summed E-state index contributed by atoms with van der Waals surface area (Å²) in [5, 5.41) is 2.78. The van der Waals surface area contributed by atoms with Crippen LogP contribution in [0.5, 0.6) is 0 Å². The molecule has 0 aliphatic carbocycles. The Kier molecular flexibility index (Phi) is 6.39. The molecule has 0 aromatic carbocycles. The Morgan fingerprint density at radius 2 is 2.19 bits per heavy atom. The molecular weight excluding hydrogens is 290 g/mol. The van der Waals surface area contributed by atoms with Gasteiger partial charge in [0.25, 0.3) is 0 Å². The third-order valence-corrected chi connectivity index (χ3v) is 4.09. The molecule has 0 aliphatic heterocycles. The Hall–Kier alpha value is -1.37. The number of amides is 1. The SMILES string of the molecule is CCS(=O)CCn1cncc1C(C)NC(=O)OC(C)(C)C. The van der Waals surface area contributed by atoms with Crippen molar-refractivity contribution in [2.75, 3.05) is 11.5 Å². The number of hydrogen-bond acceptors (Lipinski definition) is 4. The van der Waals surface area contributed by atoms with Gasteiger partial charge in [0.1, 0.15) is 5.60 Å². The van der Waals surface area contributed by atoms with E-state index in [4.69, 9.17) is 4.74 Å². The van der Waals surface area contributed by atoms with Gasteiger partial charge in [-0.15, -0.1) is 0 Å². The lowest BCUT2D eigenvalue weighted by molar-refractivity contribution is 0.0506. The minimum absolute atomic E-state index is 0.225. The van der Waals surface area contributed by atoms with Crippen LogP contribution in [-0.2, 0) is 22.1 Å². The maximum atomic E-state index is 11.8. The summed E-state index contributed by atoms with van der Waals surface area (Å²) in [6.07, 6.45) is 2.94. The maximum Gasteiger partial charge on any atom is 0.408 e. The minimum atomic E-state index is -0.818. The van der Waals surface area contributed by atoms with Gasteiger partial charge in [-0.3, -0.25) is 4.21 Å². The molecule has 1 rings (SSSR count). The first-order chi connectivity index (χ1) is 9.73. The predicted octanol–water partition coefficient (Wildman–Crippen LogP) is 2.24. The summed E-state index contributed by atoms with van der Waals surface area (Å²) < 4.78 is 18.7. The van der Waals surface area contributed by atoms with Gasteiger partial charge in [-0.2, -0.15) is 0 Å². The largest absolute Gasteiger partial charge is 0.444 e. The number of aryl methyl sites for hydroxylation is 1. The average Bonchev–Trinajstić information content (AvgIpc) is 2.81. The molecular formula is C14H25N3O3S. The molecule has 2 atom stereocenters. The third kappa shape index (κ3) is 6.29. The van der Waals surface area contributed by atoms with Gasteiger partial charge in [0.15, 0.2) is 0 Å². The molecule has 1 aromatic heterocycles. The minimum Gasteiger partial charge on any atom is -0.444 e. The van der Waals surface area contributed by atoms with E-state index in [1.54, 1.807) is 12.5 Å². The average molecular weight is 315 g/mol. The zero-order valence-electron chi connectivity index (χ0n) is 13.4. The van der Waals surface area contributed by atoms with E-state index in [0.29, 0.717) is 18.1 Å². The van der Waals surface area contributed by atoms with Crippen LogP contribution in [0.2, 0.25) is 0 Å². The van der Waals surface area contributed by atoms with E-state index in [9.17, 15) is 9.00 Å². The van der Waals surface area contributed by atoms with Crippen molar-refractivity contribution >= 4 is 16.9 Å². The van der Waals surface area contributed by atoms with Gasteiger partial charge in [-0.1, -0.05) is 6.92 Å². The van der Waals surface area contributed by atoms with E-state index in [1.165, 1.54) is 0 Å². The van der Waals surface area contributed by atoms with Crippen LogP contribution < -0.4 is 5.32 Å². The van der Waals surface area contributed by atoms with Crippen molar-refractivity contribution in [2.45, 2.75) is 52.8 Å². The van der Waals surface area contributed by atoms with Crippen molar-refractivity contribution in [2.24, 2.45) is 0 Å². The second kappa shape index (κ2) is 7.59. The molecule has 1 amide bonds. The lowest BCUT2D eigenvalue weighted by Crippen LogP contribution is -2.34. The van der Waals surface area contributed by atoms with Gasteiger partial charge < -0.3 is 14.6 Å². The molecule has 1 aromatic rings. The highest BCUT2D eigenvalue weighted by molar-refractivity contribution is 7.84. The number of aromatic nitrogens is 2. The van der Waals surface area contributed by atoms with Crippen LogP contribution in [0, 0.1) is 0 Å². The summed E-state index contributed by atoms with van der Waals surface area (Å²) in [6.45, 7) is 9.85. The highest BCUT2D eigenvalue weighted by atomic mass is 32.2. The van der Waals surface area contributed by atoms with Crippen LogP contribution in [-0.4, -0.2) is 37.0 Å². The van der Waals surface area contributed by atoms with Crippen LogP contribution in [0.4, 0.5) is 4.79 Å². The Bertz CT molecular complexity index is 494. The summed E-state index contributed by atoms with van der Waals surface area (Å²) in [6, 6.07) is -0.225. The zero-order valence-corrected chi connectivity index (χ0v) is 14.2. The third-order valence-electron chi connectivity index (χ3n) is 2.80. The lowest BCUT2D eigenvalue weighted by Gasteiger charge is -2.22. The number of rotatable bonds is 6. The van der Waals surface area contributed by atoms with Gasteiger partial charge in [0, 0.05) is 28.9 Å². The summed E-state index contributed by atoms with van der Waals surface area (Å²) in [5.41, 5.74) is 0.344. The highest BCUT2D eigenvalue weighted by Gasteiger charge is 2.19. The van der Waals surface area contributed by atoms with Gasteiger partial charge in [0.2, 0.25) is 0 Å². The van der Waals surface area contributed by atoms with Crippen molar-refractivity contribution in [1.29, 1.82) is 0 Å². The Labute approximate surface area is 128 Å². The van der Waals surface area contributed by atoms with E-state index < -0.39 is 22.5 Å². The van der Waals surface area contributed by atoms with Crippen molar-refractivity contribution in [1.82, 2.24) is 14.9 Å². The monoisotopic (exact) mass is 315 g/mol. The molecule has 120 valence electrons. The van der Waals surface area contributed by atoms with Gasteiger partial charge >= 0.3 is 6.09 Å². The molecule has 0 spiro atoms. The predicted molar refractivity (Wildman–Crippen MR) is 83.6 cm³/mol. The number of carbonyl (C=O) groups is 1. The summed E-state index contributed by atoms with van der Waals surface area (Å²) in [7, 11) is -0.818. The van der Waals surface area contributed by atoms with E-state index in [0.717, 1.165) is 5.69 Å². The molecule has 0 saturated carbocycles. The fraction of sp³-hybridized carbons (Fsp3) is 0.714. The van der Waals surface area contributed by atoms with Crippen molar-refractivity contribution in [3.8, 4) is 0 Å². The van der Waals surface area contributed by atoms with Crippen LogP contribution in [0.15, 0.2) is 12.5 Å². The molecule has 0 aliphatic rings. The number of carbonyl (C=O) groups excluding carboxylic acids is 1. The molecule has 2 unspecified atom stereocenters. The smallest absolute Gasteiger partial charge is 0.408 e. The van der Waals surface area contributed by atoms with Crippen molar-refractivity contribution in [3.63, 3.8) is 0 Å². The van der Waals surface area contributed by atoms with Crippen molar-refractivity contribution in [3.05, 3.63) is 18.2 Å². The Morgan fingerprint density at radius 1 is 1.52 bits per heavy atom. The molecule has 0 saturated heterocycles. The molecule has 1 heterocycles. The standard InChI is InChI=1S/C14H25N3O3S/c1-6-21(19)8-7-17-10-15-9-12(17)11(2)16-13(18)20-14(3,4)5/h9-11H,6-8H2,1-5H3,(H,16,18). The van der Waals surface area contributed by atoms with Crippen LogP contribution >= 0.6 is 0 Å². The zero-order chi connectivity index (χ0) is 16.0. The first-order valence-electron chi connectivity index (χ1n) is 7.07. The molecule has 0 fully saturated rings. The number of alkyl carbamates (subject to hydrolysis) is 1. The first kappa shape index (κ1) is 17.7. The summed E-state index contributed by atoms with van der Waals surface area (Å²) >= 11 is 0. The first-order valence-corrected chi connectivity index (χ1v) is 8.56. The van der Waals surface area contributed by atoms with Crippen LogP contribution in [0.1, 0.15) is 46.4 Å². The molecule has 0 bridgehead atoms. The number of nitrogens with one attached hydrogen (secondary N) is 1. The maximum absolute atomic E-state index is 11.8. The molecule has 7 heteroatoms. The van der Waals surface area contributed by atoms with Gasteiger partial charge in [-0.05, 0) is 27.7 Å². The summed E-state index contributed by atoms with van der Waals surface area (Å²) in [5.74, 6) is 1.23. The van der Waals surface area contributed by atoms with Gasteiger partial charge in [-0.25, -0.2) is 9.78 Å². The number of ether oxygens (including phenoxy) is 1. The fourth-order valence-corrected chi connectivity index (χ4v) is 2.47. The van der Waals surface area contributed by atoms with Crippen molar-refractivity contribution < 1.29 is 13.7 Å². The second-order valence-corrected chi connectivity index (χ2v) is 7.68. The van der Waals surface area contributed by atoms with E-state index >= 15 is 0 Å². The van der Waals surface area contributed by atoms with E-state index in [2.05, 4.69) is 10.3 Å². The molecule has 6 nitrogen and oxygen atoms in total. The van der Waals surface area contributed by atoms with E-state index in [-0.39, 0.29) is 6.04 Å². The lowest BCUT2D eigenvalue weighted by atomic mass is 10.2. The highest BCUT2D eigenvalue weighted by Crippen LogP contribution is 2.14. The van der Waals surface area contributed by atoms with Gasteiger partial charge in [0.05, 0.1) is 24.3 Å². The fourth-order valence-electron chi connectivity index (χ4n) is 1.78. The van der Waals surface area contributed by atoms with Crippen LogP contribution in [0.3, 0.4) is 0 Å². The van der Waals surface area contributed by atoms with Crippen LogP contribution in [0.25, 0.3) is 0 Å². The number of imidazole rings is 1. The quantitative estimate of drug-likeness (QED) is 0.873. The topological polar surface area (TPSA) is 73.2 Å². The summed E-state index contributed by atoms with van der Waals surface area (Å²) in [4.78, 5) is 15.9. The number of hydrogen-bond donors (Lipinski definition) is 1. The molecule has 1 N–H and O–H groups in total. The van der Waals surface area contributed by atoms with E-state index in [1.807, 2.05) is 39.2 Å². The molecule has 0 radical (unpaired) electrons. The molecule has 21 heavy (non-hydrogen) atoms. The number of nitrogens with zero attached hydrogens (tertiary/aromatic N) is 2.